The Bertz CT molecular complexity index is 481. The van der Waals surface area contributed by atoms with Crippen LogP contribution in [-0.2, 0) is 9.47 Å². The van der Waals surface area contributed by atoms with Crippen LogP contribution in [0, 0.1) is 5.92 Å². The summed E-state index contributed by atoms with van der Waals surface area (Å²) in [6, 6.07) is 7.23. The van der Waals surface area contributed by atoms with Gasteiger partial charge in [-0.1, -0.05) is 13.8 Å². The van der Waals surface area contributed by atoms with Gasteiger partial charge in [0.25, 0.3) is 5.91 Å². The first-order chi connectivity index (χ1) is 11.6. The summed E-state index contributed by atoms with van der Waals surface area (Å²) >= 11 is 0. The predicted molar refractivity (Wildman–Crippen MR) is 93.5 cm³/mol. The molecule has 1 atom stereocenters. The van der Waals surface area contributed by atoms with E-state index in [0.717, 1.165) is 38.2 Å². The van der Waals surface area contributed by atoms with Crippen LogP contribution in [0.25, 0.3) is 0 Å². The van der Waals surface area contributed by atoms with Gasteiger partial charge in [-0.05, 0) is 49.4 Å². The largest absolute Gasteiger partial charge is 0.491 e. The fourth-order valence-corrected chi connectivity index (χ4v) is 2.46. The van der Waals surface area contributed by atoms with E-state index in [1.807, 2.05) is 12.1 Å². The molecule has 1 aromatic carbocycles. The molecule has 5 heteroatoms. The minimum absolute atomic E-state index is 0.0652. The van der Waals surface area contributed by atoms with Crippen LogP contribution < -0.4 is 10.1 Å². The van der Waals surface area contributed by atoms with Crippen molar-refractivity contribution >= 4 is 5.91 Å². The van der Waals surface area contributed by atoms with E-state index < -0.39 is 0 Å². The number of ether oxygens (including phenoxy) is 3. The molecule has 1 N–H and O–H groups in total. The average molecular weight is 335 g/mol. The van der Waals surface area contributed by atoms with Crippen LogP contribution in [0.4, 0.5) is 0 Å². The van der Waals surface area contributed by atoms with Crippen molar-refractivity contribution in [2.45, 2.75) is 39.2 Å². The molecule has 1 aliphatic rings. The van der Waals surface area contributed by atoms with Crippen LogP contribution in [0.3, 0.4) is 0 Å². The van der Waals surface area contributed by atoms with Crippen LogP contribution in [0.1, 0.15) is 43.5 Å². The van der Waals surface area contributed by atoms with Crippen LogP contribution in [0.2, 0.25) is 0 Å². The van der Waals surface area contributed by atoms with Gasteiger partial charge in [0, 0.05) is 31.9 Å². The SMILES string of the molecule is CC(C)COCCCNC(=O)c1ccc(OCC2CCCO2)cc1. The summed E-state index contributed by atoms with van der Waals surface area (Å²) in [4.78, 5) is 12.1. The molecule has 1 amide bonds. The van der Waals surface area contributed by atoms with E-state index in [2.05, 4.69) is 19.2 Å². The van der Waals surface area contributed by atoms with Crippen molar-refractivity contribution in [3.8, 4) is 5.75 Å². The van der Waals surface area contributed by atoms with Gasteiger partial charge in [0.2, 0.25) is 0 Å². The topological polar surface area (TPSA) is 56.8 Å². The van der Waals surface area contributed by atoms with Crippen LogP contribution in [0.15, 0.2) is 24.3 Å². The van der Waals surface area contributed by atoms with Crippen molar-refractivity contribution in [2.75, 3.05) is 33.0 Å². The summed E-state index contributed by atoms with van der Waals surface area (Å²) in [6.07, 6.45) is 3.18. The van der Waals surface area contributed by atoms with E-state index >= 15 is 0 Å². The molecule has 0 saturated carbocycles. The zero-order valence-corrected chi connectivity index (χ0v) is 14.8. The van der Waals surface area contributed by atoms with E-state index in [-0.39, 0.29) is 12.0 Å². The first-order valence-electron chi connectivity index (χ1n) is 8.85. The fraction of sp³-hybridized carbons (Fsp3) is 0.632. The molecule has 1 aromatic rings. The number of rotatable bonds is 10. The quantitative estimate of drug-likeness (QED) is 0.668. The molecule has 1 unspecified atom stereocenters. The molecule has 134 valence electrons. The van der Waals surface area contributed by atoms with Crippen molar-refractivity contribution in [3.05, 3.63) is 29.8 Å². The maximum atomic E-state index is 12.1. The van der Waals surface area contributed by atoms with Crippen molar-refractivity contribution < 1.29 is 19.0 Å². The Morgan fingerprint density at radius 3 is 2.79 bits per heavy atom. The molecular formula is C19H29NO4. The molecule has 0 bridgehead atoms. The number of carbonyl (C=O) groups is 1. The molecule has 1 fully saturated rings. The van der Waals surface area contributed by atoms with Gasteiger partial charge < -0.3 is 19.5 Å². The molecule has 2 rings (SSSR count). The maximum absolute atomic E-state index is 12.1. The van der Waals surface area contributed by atoms with Gasteiger partial charge in [0.1, 0.15) is 12.4 Å². The Kier molecular flexibility index (Phi) is 8.05. The Balaban J connectivity index is 1.63. The van der Waals surface area contributed by atoms with E-state index in [9.17, 15) is 4.79 Å². The highest BCUT2D eigenvalue weighted by atomic mass is 16.5. The summed E-state index contributed by atoms with van der Waals surface area (Å²) in [7, 11) is 0. The summed E-state index contributed by atoms with van der Waals surface area (Å²) in [5.41, 5.74) is 0.641. The molecule has 0 aromatic heterocycles. The molecular weight excluding hydrogens is 306 g/mol. The van der Waals surface area contributed by atoms with Crippen molar-refractivity contribution in [1.29, 1.82) is 0 Å². The third-order valence-electron chi connectivity index (χ3n) is 3.78. The Morgan fingerprint density at radius 1 is 1.33 bits per heavy atom. The second-order valence-corrected chi connectivity index (χ2v) is 6.55. The number of amides is 1. The first-order valence-corrected chi connectivity index (χ1v) is 8.85. The smallest absolute Gasteiger partial charge is 0.251 e. The number of benzene rings is 1. The number of nitrogens with one attached hydrogen (secondary N) is 1. The minimum Gasteiger partial charge on any atom is -0.491 e. The van der Waals surface area contributed by atoms with Crippen molar-refractivity contribution in [1.82, 2.24) is 5.32 Å². The number of hydrogen-bond acceptors (Lipinski definition) is 4. The van der Waals surface area contributed by atoms with Crippen LogP contribution in [-0.4, -0.2) is 45.0 Å². The predicted octanol–water partition coefficient (Wildman–Crippen LogP) is 3.04. The molecule has 0 aliphatic carbocycles. The monoisotopic (exact) mass is 335 g/mol. The van der Waals surface area contributed by atoms with Gasteiger partial charge in [-0.2, -0.15) is 0 Å². The maximum Gasteiger partial charge on any atom is 0.251 e. The lowest BCUT2D eigenvalue weighted by atomic mass is 10.2. The van der Waals surface area contributed by atoms with E-state index in [4.69, 9.17) is 14.2 Å². The standard InChI is InChI=1S/C19H29NO4/c1-15(2)13-22-11-4-10-20-19(21)16-6-8-17(9-7-16)24-14-18-5-3-12-23-18/h6-9,15,18H,3-5,10-14H2,1-2H3,(H,20,21). The molecule has 0 spiro atoms. The van der Waals surface area contributed by atoms with Gasteiger partial charge >= 0.3 is 0 Å². The summed E-state index contributed by atoms with van der Waals surface area (Å²) in [5, 5.41) is 2.90. The van der Waals surface area contributed by atoms with Crippen molar-refractivity contribution in [2.24, 2.45) is 5.92 Å². The second-order valence-electron chi connectivity index (χ2n) is 6.55. The van der Waals surface area contributed by atoms with E-state index in [1.165, 1.54) is 0 Å². The average Bonchev–Trinajstić information content (AvgIpc) is 3.09. The van der Waals surface area contributed by atoms with Crippen LogP contribution in [0.5, 0.6) is 5.75 Å². The van der Waals surface area contributed by atoms with Gasteiger partial charge in [-0.25, -0.2) is 0 Å². The van der Waals surface area contributed by atoms with Crippen molar-refractivity contribution in [3.63, 3.8) is 0 Å². The van der Waals surface area contributed by atoms with Gasteiger partial charge in [-0.15, -0.1) is 0 Å². The lowest BCUT2D eigenvalue weighted by Gasteiger charge is -2.12. The Hall–Kier alpha value is -1.59. The number of carbonyl (C=O) groups excluding carboxylic acids is 1. The lowest BCUT2D eigenvalue weighted by molar-refractivity contribution is 0.0679. The second kappa shape index (κ2) is 10.3. The highest BCUT2D eigenvalue weighted by molar-refractivity contribution is 5.94. The Morgan fingerprint density at radius 2 is 2.12 bits per heavy atom. The summed E-state index contributed by atoms with van der Waals surface area (Å²) in [6.45, 7) is 7.70. The fourth-order valence-electron chi connectivity index (χ4n) is 2.46. The molecule has 5 nitrogen and oxygen atoms in total. The van der Waals surface area contributed by atoms with Crippen LogP contribution >= 0.6 is 0 Å². The highest BCUT2D eigenvalue weighted by Crippen LogP contribution is 2.16. The number of hydrogen-bond donors (Lipinski definition) is 1. The summed E-state index contributed by atoms with van der Waals surface area (Å²) in [5.74, 6) is 1.24. The zero-order valence-electron chi connectivity index (χ0n) is 14.8. The lowest BCUT2D eigenvalue weighted by Crippen LogP contribution is -2.25. The molecule has 1 heterocycles. The van der Waals surface area contributed by atoms with Gasteiger partial charge in [-0.3, -0.25) is 4.79 Å². The molecule has 24 heavy (non-hydrogen) atoms. The van der Waals surface area contributed by atoms with Gasteiger partial charge in [0.15, 0.2) is 0 Å². The summed E-state index contributed by atoms with van der Waals surface area (Å²) < 4.78 is 16.7. The highest BCUT2D eigenvalue weighted by Gasteiger charge is 2.16. The Labute approximate surface area is 144 Å². The zero-order chi connectivity index (χ0) is 17.2. The van der Waals surface area contributed by atoms with E-state index in [0.29, 0.717) is 31.2 Å². The minimum atomic E-state index is -0.0652. The van der Waals surface area contributed by atoms with E-state index in [1.54, 1.807) is 12.1 Å². The molecule has 1 saturated heterocycles. The normalized spacial score (nSPS) is 17.2. The third kappa shape index (κ3) is 6.89. The first kappa shape index (κ1) is 18.7. The molecule has 1 aliphatic heterocycles. The third-order valence-corrected chi connectivity index (χ3v) is 3.78. The molecule has 0 radical (unpaired) electrons. The van der Waals surface area contributed by atoms with Gasteiger partial charge in [0.05, 0.1) is 6.10 Å².